The number of benzene rings is 1. The summed E-state index contributed by atoms with van der Waals surface area (Å²) in [5.41, 5.74) is 4.98. The van der Waals surface area contributed by atoms with Gasteiger partial charge in [-0.25, -0.2) is 0 Å². The second kappa shape index (κ2) is 3.24. The lowest BCUT2D eigenvalue weighted by Crippen LogP contribution is -2.39. The molecule has 0 saturated carbocycles. The van der Waals surface area contributed by atoms with Crippen molar-refractivity contribution in [3.05, 3.63) is 23.8 Å². The molecule has 1 heterocycles. The van der Waals surface area contributed by atoms with Crippen LogP contribution in [0.5, 0.6) is 11.5 Å². The summed E-state index contributed by atoms with van der Waals surface area (Å²) in [5.74, 6) is 1.14. The van der Waals surface area contributed by atoms with Crippen molar-refractivity contribution < 1.29 is 9.47 Å². The number of rotatable bonds is 2. The molecule has 0 amide bonds. The van der Waals surface area contributed by atoms with Gasteiger partial charge in [0.15, 0.2) is 32.8 Å². The second-order valence-electron chi connectivity index (χ2n) is 3.25. The van der Waals surface area contributed by atoms with Gasteiger partial charge in [-0.05, 0) is 30.7 Å². The van der Waals surface area contributed by atoms with Crippen LogP contribution in [0.25, 0.3) is 0 Å². The first-order chi connectivity index (χ1) is 6.61. The first-order valence-corrected chi connectivity index (χ1v) is 4.39. The second-order valence-corrected chi connectivity index (χ2v) is 3.25. The van der Waals surface area contributed by atoms with E-state index in [1.54, 1.807) is 6.07 Å². The smallest absolute Gasteiger partial charge is 0.175 e. The molecule has 2 N–H and O–H groups in total. The van der Waals surface area contributed by atoms with Crippen molar-refractivity contribution in [2.24, 2.45) is 5.73 Å². The quantitative estimate of drug-likeness (QED) is 0.654. The molecule has 4 radical (unpaired) electrons. The van der Waals surface area contributed by atoms with Crippen molar-refractivity contribution in [3.8, 4) is 11.5 Å². The zero-order valence-electron chi connectivity index (χ0n) is 7.69. The summed E-state index contributed by atoms with van der Waals surface area (Å²) in [6.07, 6.45) is 0.790. The van der Waals surface area contributed by atoms with E-state index in [1.807, 2.05) is 12.1 Å². The minimum Gasteiger partial charge on any atom is -0.468 e. The minimum absolute atomic E-state index is 0.566. The van der Waals surface area contributed by atoms with Crippen LogP contribution in [0.1, 0.15) is 5.56 Å². The van der Waals surface area contributed by atoms with Crippen molar-refractivity contribution in [1.82, 2.24) is 0 Å². The largest absolute Gasteiger partial charge is 0.468 e. The average Bonchev–Trinajstić information content (AvgIpc) is 2.38. The summed E-state index contributed by atoms with van der Waals surface area (Å²) in [7, 11) is 10.9. The van der Waals surface area contributed by atoms with Crippen LogP contribution >= 0.6 is 0 Å². The predicted molar refractivity (Wildman–Crippen MR) is 54.7 cm³/mol. The topological polar surface area (TPSA) is 44.5 Å². The Bertz CT molecular complexity index is 355. The molecule has 3 nitrogen and oxygen atoms in total. The first kappa shape index (κ1) is 9.46. The molecule has 0 aliphatic carbocycles. The Balaban J connectivity index is 2.26. The molecule has 0 saturated heterocycles. The number of nitrogens with two attached hydrogens (primary N) is 1. The summed E-state index contributed by atoms with van der Waals surface area (Å²) in [5, 5.41) is 0. The van der Waals surface area contributed by atoms with E-state index in [-0.39, 0.29) is 0 Å². The third kappa shape index (κ3) is 1.73. The summed E-state index contributed by atoms with van der Waals surface area (Å²) >= 11 is 0. The van der Waals surface area contributed by atoms with E-state index in [0.29, 0.717) is 18.0 Å². The maximum absolute atomic E-state index is 5.46. The summed E-state index contributed by atoms with van der Waals surface area (Å²) in [6, 6.07) is 5.53. The molecule has 0 spiro atoms. The lowest BCUT2D eigenvalue weighted by atomic mass is 9.76. The van der Waals surface area contributed by atoms with Crippen molar-refractivity contribution in [2.45, 2.75) is 12.0 Å². The Kier molecular flexibility index (Phi) is 2.19. The molecule has 1 aliphatic rings. The van der Waals surface area contributed by atoms with Gasteiger partial charge >= 0.3 is 0 Å². The molecule has 1 aromatic rings. The molecule has 2 rings (SSSR count). The molecule has 0 atom stereocenters. The number of hydrogen-bond donors (Lipinski definition) is 1. The zero-order valence-corrected chi connectivity index (χ0v) is 7.69. The van der Waals surface area contributed by atoms with Crippen LogP contribution < -0.4 is 15.2 Å². The van der Waals surface area contributed by atoms with E-state index >= 15 is 0 Å². The van der Waals surface area contributed by atoms with E-state index in [9.17, 15) is 0 Å². The SMILES string of the molecule is [B]C1([B])Oc2ccc(CCN)cc2O1. The predicted octanol–water partition coefficient (Wildman–Crippen LogP) is -0.0927. The molecule has 1 aliphatic heterocycles. The van der Waals surface area contributed by atoms with Crippen LogP contribution in [0.4, 0.5) is 0 Å². The standard InChI is InChI=1S/C9H9B2NO2/c10-9(11)13-7-2-1-6(3-4-12)5-8(7)14-9/h1-2,5H,3-4,12H2. The molecule has 14 heavy (non-hydrogen) atoms. The van der Waals surface area contributed by atoms with Gasteiger partial charge in [-0.1, -0.05) is 6.07 Å². The summed E-state index contributed by atoms with van der Waals surface area (Å²) in [4.78, 5) is 0. The highest BCUT2D eigenvalue weighted by molar-refractivity contribution is 6.38. The van der Waals surface area contributed by atoms with Crippen LogP contribution in [0.3, 0.4) is 0 Å². The Morgan fingerprint density at radius 1 is 1.21 bits per heavy atom. The van der Waals surface area contributed by atoms with Crippen LogP contribution in [0.2, 0.25) is 0 Å². The summed E-state index contributed by atoms with van der Waals surface area (Å²) in [6.45, 7) is 0.593. The highest BCUT2D eigenvalue weighted by Crippen LogP contribution is 2.37. The maximum atomic E-state index is 5.46. The molecule has 1 aromatic carbocycles. The van der Waals surface area contributed by atoms with Gasteiger partial charge in [-0.2, -0.15) is 0 Å². The molecule has 5 heteroatoms. The van der Waals surface area contributed by atoms with Crippen molar-refractivity contribution in [2.75, 3.05) is 6.54 Å². The van der Waals surface area contributed by atoms with E-state index in [4.69, 9.17) is 30.9 Å². The van der Waals surface area contributed by atoms with E-state index < -0.39 is 5.59 Å². The molecular formula is C9H9B2NO2. The minimum atomic E-state index is -1.54. The lowest BCUT2D eigenvalue weighted by molar-refractivity contribution is 0.0833. The number of ether oxygens (including phenoxy) is 2. The normalized spacial score (nSPS) is 16.9. The van der Waals surface area contributed by atoms with Gasteiger partial charge in [0.2, 0.25) is 0 Å². The molecule has 0 aromatic heterocycles. The third-order valence-corrected chi connectivity index (χ3v) is 1.98. The highest BCUT2D eigenvalue weighted by atomic mass is 16.7. The van der Waals surface area contributed by atoms with Gasteiger partial charge in [0.1, 0.15) is 0 Å². The van der Waals surface area contributed by atoms with E-state index in [1.165, 1.54) is 0 Å². The van der Waals surface area contributed by atoms with Gasteiger partial charge in [-0.15, -0.1) is 0 Å². The monoisotopic (exact) mass is 185 g/mol. The number of hydrogen-bond acceptors (Lipinski definition) is 3. The Labute approximate surface area is 85.4 Å². The van der Waals surface area contributed by atoms with Gasteiger partial charge in [-0.3, -0.25) is 0 Å². The van der Waals surface area contributed by atoms with Gasteiger partial charge in [0.05, 0.1) is 0 Å². The molecule has 0 fully saturated rings. The van der Waals surface area contributed by atoms with Crippen LogP contribution in [0, 0.1) is 0 Å². The lowest BCUT2D eigenvalue weighted by Gasteiger charge is -2.18. The molecule has 0 bridgehead atoms. The van der Waals surface area contributed by atoms with Gasteiger partial charge in [0.25, 0.3) is 0 Å². The fourth-order valence-electron chi connectivity index (χ4n) is 1.40. The maximum Gasteiger partial charge on any atom is 0.175 e. The van der Waals surface area contributed by atoms with E-state index in [2.05, 4.69) is 0 Å². The fraction of sp³-hybridized carbons (Fsp3) is 0.333. The zero-order chi connectivity index (χ0) is 10.2. The first-order valence-electron chi connectivity index (χ1n) is 4.39. The van der Waals surface area contributed by atoms with Crippen LogP contribution in [0.15, 0.2) is 18.2 Å². The van der Waals surface area contributed by atoms with Gasteiger partial charge in [0, 0.05) is 0 Å². The molecule has 68 valence electrons. The highest BCUT2D eigenvalue weighted by Gasteiger charge is 2.29. The number of fused-ring (bicyclic) bond motifs is 1. The Morgan fingerprint density at radius 3 is 2.64 bits per heavy atom. The van der Waals surface area contributed by atoms with E-state index in [0.717, 1.165) is 12.0 Å². The van der Waals surface area contributed by atoms with Crippen LogP contribution in [-0.4, -0.2) is 27.8 Å². The van der Waals surface area contributed by atoms with Crippen molar-refractivity contribution in [3.63, 3.8) is 0 Å². The summed E-state index contributed by atoms with van der Waals surface area (Å²) < 4.78 is 10.3. The third-order valence-electron chi connectivity index (χ3n) is 1.98. The Hall–Kier alpha value is -1.09. The Morgan fingerprint density at radius 2 is 1.93 bits per heavy atom. The molecule has 0 unspecified atom stereocenters. The molecular weight excluding hydrogens is 176 g/mol. The van der Waals surface area contributed by atoms with Crippen LogP contribution in [-0.2, 0) is 6.42 Å². The average molecular weight is 185 g/mol. The van der Waals surface area contributed by atoms with Gasteiger partial charge < -0.3 is 15.2 Å². The van der Waals surface area contributed by atoms with Crippen molar-refractivity contribution >= 4 is 15.7 Å². The van der Waals surface area contributed by atoms with Crippen molar-refractivity contribution in [1.29, 1.82) is 0 Å². The fourth-order valence-corrected chi connectivity index (χ4v) is 1.40.